The molecule has 0 N–H and O–H groups in total. The van der Waals surface area contributed by atoms with E-state index >= 15 is 0 Å². The van der Waals surface area contributed by atoms with Crippen molar-refractivity contribution in [3.8, 4) is 34.5 Å². The minimum atomic E-state index is 0.371. The van der Waals surface area contributed by atoms with E-state index < -0.39 is 0 Å². The van der Waals surface area contributed by atoms with Crippen molar-refractivity contribution in [2.24, 2.45) is 7.05 Å². The van der Waals surface area contributed by atoms with Crippen molar-refractivity contribution in [2.45, 2.75) is 25.4 Å². The molecule has 1 fully saturated rings. The molecule has 1 aliphatic rings. The highest BCUT2D eigenvalue weighted by atomic mass is 35.5. The molecule has 0 radical (unpaired) electrons. The number of aromatic nitrogens is 6. The van der Waals surface area contributed by atoms with E-state index in [1.165, 1.54) is 6.33 Å². The van der Waals surface area contributed by atoms with Gasteiger partial charge in [-0.3, -0.25) is 0 Å². The number of hydrogen-bond acceptors (Lipinski definition) is 7. The number of rotatable bonds is 7. The summed E-state index contributed by atoms with van der Waals surface area (Å²) in [6, 6.07) is 9.73. The number of aryl methyl sites for hydroxylation is 1. The van der Waals surface area contributed by atoms with E-state index in [4.69, 9.17) is 21.1 Å². The van der Waals surface area contributed by atoms with Crippen LogP contribution in [0.15, 0.2) is 49.1 Å². The fourth-order valence-corrected chi connectivity index (χ4v) is 3.79. The van der Waals surface area contributed by atoms with Gasteiger partial charge in [0.15, 0.2) is 5.82 Å². The van der Waals surface area contributed by atoms with Gasteiger partial charge in [0.25, 0.3) is 0 Å². The van der Waals surface area contributed by atoms with Crippen LogP contribution in [-0.2, 0) is 13.7 Å². The van der Waals surface area contributed by atoms with Gasteiger partial charge in [0, 0.05) is 37.0 Å². The summed E-state index contributed by atoms with van der Waals surface area (Å²) in [4.78, 5) is 22.1. The number of hydrogen-bond donors (Lipinski definition) is 0. The molecule has 9 heteroatoms. The van der Waals surface area contributed by atoms with Crippen LogP contribution in [0.2, 0.25) is 5.15 Å². The van der Waals surface area contributed by atoms with E-state index in [2.05, 4.69) is 24.9 Å². The summed E-state index contributed by atoms with van der Waals surface area (Å²) in [5.74, 6) is 2.67. The van der Waals surface area contributed by atoms with Gasteiger partial charge in [-0.1, -0.05) is 35.9 Å². The van der Waals surface area contributed by atoms with Crippen molar-refractivity contribution in [3.63, 3.8) is 0 Å². The van der Waals surface area contributed by atoms with Gasteiger partial charge in [0.05, 0.1) is 12.8 Å². The molecule has 3 aromatic heterocycles. The molecule has 0 bridgehead atoms. The van der Waals surface area contributed by atoms with Crippen LogP contribution in [0.3, 0.4) is 0 Å². The van der Waals surface area contributed by atoms with Crippen molar-refractivity contribution in [1.82, 2.24) is 29.5 Å². The van der Waals surface area contributed by atoms with Gasteiger partial charge in [0.2, 0.25) is 11.8 Å². The first-order chi connectivity index (χ1) is 15.6. The lowest BCUT2D eigenvalue weighted by Crippen LogP contribution is -2.03. The molecule has 32 heavy (non-hydrogen) atoms. The molecule has 5 rings (SSSR count). The van der Waals surface area contributed by atoms with Crippen LogP contribution >= 0.6 is 11.6 Å². The number of benzene rings is 1. The second-order valence-electron chi connectivity index (χ2n) is 7.62. The van der Waals surface area contributed by atoms with E-state index in [1.54, 1.807) is 25.6 Å². The number of methoxy groups -OCH3 is 1. The van der Waals surface area contributed by atoms with Gasteiger partial charge < -0.3 is 14.0 Å². The summed E-state index contributed by atoms with van der Waals surface area (Å²) in [6.07, 6.45) is 7.18. The Bertz CT molecular complexity index is 1250. The molecule has 1 saturated carbocycles. The predicted molar refractivity (Wildman–Crippen MR) is 120 cm³/mol. The van der Waals surface area contributed by atoms with E-state index in [1.807, 2.05) is 35.9 Å². The number of ether oxygens (including phenoxy) is 2. The Labute approximate surface area is 190 Å². The van der Waals surface area contributed by atoms with E-state index in [0.717, 1.165) is 41.1 Å². The first kappa shape index (κ1) is 20.4. The summed E-state index contributed by atoms with van der Waals surface area (Å²) >= 11 is 5.99. The minimum absolute atomic E-state index is 0.371. The van der Waals surface area contributed by atoms with Crippen LogP contribution in [0.25, 0.3) is 22.8 Å². The standard InChI is InChI=1S/C23H21ClN6O2/c1-30-11-17(24)28-22(30)16-5-3-14(4-6-16)12-32-18-9-10-25-21(29-18)19-20(15-7-8-15)26-13-27-23(19)31-2/h3-6,9-11,13,15H,7-8,12H2,1-2H3. The molecule has 0 amide bonds. The highest BCUT2D eigenvalue weighted by Crippen LogP contribution is 2.44. The summed E-state index contributed by atoms with van der Waals surface area (Å²) in [5, 5.41) is 0.472. The topological polar surface area (TPSA) is 87.8 Å². The van der Waals surface area contributed by atoms with Gasteiger partial charge in [0.1, 0.15) is 29.5 Å². The van der Waals surface area contributed by atoms with E-state index in [0.29, 0.717) is 35.3 Å². The molecule has 4 aromatic rings. The molecular formula is C23H21ClN6O2. The maximum absolute atomic E-state index is 5.99. The lowest BCUT2D eigenvalue weighted by Gasteiger charge is -2.11. The van der Waals surface area contributed by atoms with Crippen LogP contribution in [0.4, 0.5) is 0 Å². The third-order valence-corrected chi connectivity index (χ3v) is 5.48. The number of imidazole rings is 1. The largest absolute Gasteiger partial charge is 0.480 e. The summed E-state index contributed by atoms with van der Waals surface area (Å²) < 4.78 is 13.3. The van der Waals surface area contributed by atoms with Gasteiger partial charge in [-0.15, -0.1) is 0 Å². The second kappa shape index (κ2) is 8.55. The monoisotopic (exact) mass is 448 g/mol. The zero-order valence-electron chi connectivity index (χ0n) is 17.7. The summed E-state index contributed by atoms with van der Waals surface area (Å²) in [6.45, 7) is 0.371. The van der Waals surface area contributed by atoms with Crippen LogP contribution < -0.4 is 9.47 Å². The first-order valence-electron chi connectivity index (χ1n) is 10.3. The molecule has 3 heterocycles. The fraction of sp³-hybridized carbons (Fsp3) is 0.261. The third kappa shape index (κ3) is 4.13. The Hall–Kier alpha value is -3.52. The quantitative estimate of drug-likeness (QED) is 0.412. The average Bonchev–Trinajstić information content (AvgIpc) is 3.61. The van der Waals surface area contributed by atoms with Gasteiger partial charge >= 0.3 is 0 Å². The molecule has 0 spiro atoms. The maximum atomic E-state index is 5.99. The molecule has 0 saturated heterocycles. The molecule has 1 aromatic carbocycles. The van der Waals surface area contributed by atoms with Gasteiger partial charge in [-0.2, -0.15) is 4.98 Å². The summed E-state index contributed by atoms with van der Waals surface area (Å²) in [7, 11) is 3.50. The van der Waals surface area contributed by atoms with Gasteiger partial charge in [-0.05, 0) is 18.4 Å². The Morgan fingerprint density at radius 2 is 1.88 bits per heavy atom. The zero-order valence-corrected chi connectivity index (χ0v) is 18.5. The van der Waals surface area contributed by atoms with E-state index in [-0.39, 0.29) is 0 Å². The lowest BCUT2D eigenvalue weighted by atomic mass is 10.1. The Kier molecular flexibility index (Phi) is 5.45. The summed E-state index contributed by atoms with van der Waals surface area (Å²) in [5.41, 5.74) is 3.66. The molecular weight excluding hydrogens is 428 g/mol. The molecule has 162 valence electrons. The lowest BCUT2D eigenvalue weighted by molar-refractivity contribution is 0.293. The minimum Gasteiger partial charge on any atom is -0.480 e. The van der Waals surface area contributed by atoms with Crippen LogP contribution in [-0.4, -0.2) is 36.6 Å². The van der Waals surface area contributed by atoms with Crippen LogP contribution in [0.1, 0.15) is 30.0 Å². The number of nitrogens with zero attached hydrogens (tertiary/aromatic N) is 6. The van der Waals surface area contributed by atoms with Crippen LogP contribution in [0.5, 0.6) is 11.8 Å². The van der Waals surface area contributed by atoms with Crippen molar-refractivity contribution >= 4 is 11.6 Å². The van der Waals surface area contributed by atoms with Crippen molar-refractivity contribution in [3.05, 3.63) is 65.5 Å². The molecule has 1 aliphatic carbocycles. The number of halogens is 1. The first-order valence-corrected chi connectivity index (χ1v) is 10.6. The predicted octanol–water partition coefficient (Wildman–Crippen LogP) is 4.45. The maximum Gasteiger partial charge on any atom is 0.227 e. The average molecular weight is 449 g/mol. The van der Waals surface area contributed by atoms with Crippen molar-refractivity contribution < 1.29 is 9.47 Å². The molecule has 0 unspecified atom stereocenters. The fourth-order valence-electron chi connectivity index (χ4n) is 3.56. The SMILES string of the molecule is COc1ncnc(C2CC2)c1-c1nccc(OCc2ccc(-c3nc(Cl)cn3C)cc2)n1. The van der Waals surface area contributed by atoms with Crippen molar-refractivity contribution in [2.75, 3.05) is 7.11 Å². The third-order valence-electron chi connectivity index (χ3n) is 5.30. The smallest absolute Gasteiger partial charge is 0.227 e. The zero-order chi connectivity index (χ0) is 22.1. The molecule has 8 nitrogen and oxygen atoms in total. The van der Waals surface area contributed by atoms with Crippen LogP contribution in [0, 0.1) is 0 Å². The Balaban J connectivity index is 1.34. The highest BCUT2D eigenvalue weighted by Gasteiger charge is 2.31. The van der Waals surface area contributed by atoms with Crippen molar-refractivity contribution in [1.29, 1.82) is 0 Å². The Morgan fingerprint density at radius 3 is 2.56 bits per heavy atom. The normalized spacial score (nSPS) is 13.2. The van der Waals surface area contributed by atoms with Gasteiger partial charge in [-0.25, -0.2) is 19.9 Å². The Morgan fingerprint density at radius 1 is 1.06 bits per heavy atom. The second-order valence-corrected chi connectivity index (χ2v) is 8.01. The highest BCUT2D eigenvalue weighted by molar-refractivity contribution is 6.29. The molecule has 0 aliphatic heterocycles. The van der Waals surface area contributed by atoms with E-state index in [9.17, 15) is 0 Å². The molecule has 0 atom stereocenters.